The molecular weight excluding hydrogens is 166 g/mol. The first-order valence-corrected chi connectivity index (χ1v) is 4.16. The zero-order valence-electron chi connectivity index (χ0n) is 7.27. The van der Waals surface area contributed by atoms with E-state index in [-0.39, 0.29) is 5.91 Å². The Bertz CT molecular complexity index is 447. The first kappa shape index (κ1) is 7.91. The van der Waals surface area contributed by atoms with Gasteiger partial charge in [0.15, 0.2) is 0 Å². The highest BCUT2D eigenvalue weighted by Crippen LogP contribution is 2.09. The molecule has 0 saturated carbocycles. The fourth-order valence-electron chi connectivity index (χ4n) is 1.20. The van der Waals surface area contributed by atoms with Crippen LogP contribution in [0.1, 0.15) is 18.1 Å². The lowest BCUT2D eigenvalue weighted by Crippen LogP contribution is -2.10. The van der Waals surface area contributed by atoms with Crippen LogP contribution in [0.2, 0.25) is 0 Å². The molecule has 0 fully saturated rings. The molecule has 0 amide bonds. The number of hydrogen-bond acceptors (Lipinski definition) is 3. The van der Waals surface area contributed by atoms with Crippen molar-refractivity contribution in [2.45, 2.75) is 13.3 Å². The van der Waals surface area contributed by atoms with Gasteiger partial charge in [-0.05, 0) is 12.1 Å². The smallest absolute Gasteiger partial charge is 0.248 e. The van der Waals surface area contributed by atoms with Crippen LogP contribution in [0.3, 0.4) is 0 Å². The van der Waals surface area contributed by atoms with Crippen LogP contribution in [0.4, 0.5) is 0 Å². The zero-order valence-corrected chi connectivity index (χ0v) is 7.27. The molecule has 4 nitrogen and oxygen atoms in total. The Hall–Kier alpha value is -1.71. The fourth-order valence-corrected chi connectivity index (χ4v) is 1.20. The summed E-state index contributed by atoms with van der Waals surface area (Å²) in [5.74, 6) is -0.0336. The lowest BCUT2D eigenvalue weighted by atomic mass is 10.3. The third-order valence-electron chi connectivity index (χ3n) is 1.89. The predicted octanol–water partition coefficient (Wildman–Crippen LogP) is 1.48. The van der Waals surface area contributed by atoms with Crippen LogP contribution in [0, 0.1) is 0 Å². The van der Waals surface area contributed by atoms with Crippen molar-refractivity contribution in [3.63, 3.8) is 0 Å². The van der Waals surface area contributed by atoms with Gasteiger partial charge in [-0.3, -0.25) is 4.79 Å². The highest BCUT2D eigenvalue weighted by molar-refractivity contribution is 5.88. The normalized spacial score (nSPS) is 10.5. The van der Waals surface area contributed by atoms with E-state index in [1.165, 1.54) is 4.68 Å². The Labute approximate surface area is 75.2 Å². The van der Waals surface area contributed by atoms with E-state index < -0.39 is 0 Å². The lowest BCUT2D eigenvalue weighted by molar-refractivity contribution is 0.0896. The number of rotatable bonds is 1. The van der Waals surface area contributed by atoms with Gasteiger partial charge in [0.05, 0.1) is 5.52 Å². The average Bonchev–Trinajstić information content (AvgIpc) is 2.60. The molecule has 0 radical (unpaired) electrons. The molecule has 0 aliphatic rings. The molecule has 0 bridgehead atoms. The van der Waals surface area contributed by atoms with Crippen molar-refractivity contribution in [3.05, 3.63) is 24.3 Å². The van der Waals surface area contributed by atoms with Crippen molar-refractivity contribution in [2.75, 3.05) is 0 Å². The van der Waals surface area contributed by atoms with E-state index in [9.17, 15) is 4.79 Å². The zero-order chi connectivity index (χ0) is 9.26. The number of carbonyl (C=O) groups excluding carboxylic acids is 1. The largest absolute Gasteiger partial charge is 0.273 e. The Morgan fingerprint density at radius 3 is 3.00 bits per heavy atom. The summed E-state index contributed by atoms with van der Waals surface area (Å²) in [4.78, 5) is 11.3. The van der Waals surface area contributed by atoms with E-state index >= 15 is 0 Å². The third kappa shape index (κ3) is 1.20. The standard InChI is InChI=1S/C9H9N3O/c1-2-9(13)12-8-6-4-3-5-7(8)10-11-12/h3-6H,2H2,1H3. The molecule has 2 aromatic rings. The molecule has 0 N–H and O–H groups in total. The van der Waals surface area contributed by atoms with Gasteiger partial charge in [0, 0.05) is 6.42 Å². The number of carbonyl (C=O) groups is 1. The molecule has 0 aliphatic heterocycles. The van der Waals surface area contributed by atoms with Gasteiger partial charge >= 0.3 is 0 Å². The van der Waals surface area contributed by atoms with Gasteiger partial charge in [-0.2, -0.15) is 4.68 Å². The monoisotopic (exact) mass is 175 g/mol. The van der Waals surface area contributed by atoms with Gasteiger partial charge in [0.2, 0.25) is 5.91 Å². The second-order valence-corrected chi connectivity index (χ2v) is 2.74. The van der Waals surface area contributed by atoms with E-state index in [1.807, 2.05) is 24.3 Å². The van der Waals surface area contributed by atoms with Gasteiger partial charge in [-0.1, -0.05) is 24.3 Å². The minimum atomic E-state index is -0.0336. The Kier molecular flexibility index (Phi) is 1.81. The van der Waals surface area contributed by atoms with E-state index in [0.717, 1.165) is 11.0 Å². The Morgan fingerprint density at radius 2 is 2.23 bits per heavy atom. The van der Waals surface area contributed by atoms with Crippen molar-refractivity contribution in [2.24, 2.45) is 0 Å². The molecule has 2 rings (SSSR count). The fraction of sp³-hybridized carbons (Fsp3) is 0.222. The topological polar surface area (TPSA) is 47.8 Å². The SMILES string of the molecule is CCC(=O)n1nnc2ccccc21. The molecule has 1 aromatic carbocycles. The van der Waals surface area contributed by atoms with Gasteiger partial charge in [-0.15, -0.1) is 5.10 Å². The van der Waals surface area contributed by atoms with Gasteiger partial charge in [-0.25, -0.2) is 0 Å². The third-order valence-corrected chi connectivity index (χ3v) is 1.89. The quantitative estimate of drug-likeness (QED) is 0.659. The van der Waals surface area contributed by atoms with Crippen LogP contribution in [0.15, 0.2) is 24.3 Å². The van der Waals surface area contributed by atoms with Crippen LogP contribution >= 0.6 is 0 Å². The number of aromatic nitrogens is 3. The highest BCUT2D eigenvalue weighted by Gasteiger charge is 2.08. The number of benzene rings is 1. The molecule has 1 heterocycles. The molecule has 0 aliphatic carbocycles. The maximum absolute atomic E-state index is 11.3. The summed E-state index contributed by atoms with van der Waals surface area (Å²) in [5, 5.41) is 7.66. The maximum Gasteiger partial charge on any atom is 0.248 e. The number of para-hydroxylation sites is 1. The van der Waals surface area contributed by atoms with E-state index in [1.54, 1.807) is 6.92 Å². The molecule has 66 valence electrons. The van der Waals surface area contributed by atoms with Crippen molar-refractivity contribution < 1.29 is 4.79 Å². The van der Waals surface area contributed by atoms with Crippen molar-refractivity contribution in [1.29, 1.82) is 0 Å². The predicted molar refractivity (Wildman–Crippen MR) is 48.4 cm³/mol. The van der Waals surface area contributed by atoms with Crippen LogP contribution in [0.25, 0.3) is 11.0 Å². The molecule has 1 aromatic heterocycles. The molecule has 0 atom stereocenters. The first-order valence-electron chi connectivity index (χ1n) is 4.16. The van der Waals surface area contributed by atoms with Gasteiger partial charge in [0.25, 0.3) is 0 Å². The number of hydrogen-bond donors (Lipinski definition) is 0. The maximum atomic E-state index is 11.3. The summed E-state index contributed by atoms with van der Waals surface area (Å²) in [6, 6.07) is 7.41. The van der Waals surface area contributed by atoms with Crippen LogP contribution in [0.5, 0.6) is 0 Å². The first-order chi connectivity index (χ1) is 6.33. The lowest BCUT2D eigenvalue weighted by Gasteiger charge is -1.95. The van der Waals surface area contributed by atoms with E-state index in [2.05, 4.69) is 10.3 Å². The molecule has 0 spiro atoms. The summed E-state index contributed by atoms with van der Waals surface area (Å²) >= 11 is 0. The molecule has 0 saturated heterocycles. The number of fused-ring (bicyclic) bond motifs is 1. The van der Waals surface area contributed by atoms with Crippen LogP contribution in [-0.2, 0) is 0 Å². The summed E-state index contributed by atoms with van der Waals surface area (Å²) in [7, 11) is 0. The second kappa shape index (κ2) is 2.97. The summed E-state index contributed by atoms with van der Waals surface area (Å²) in [5.41, 5.74) is 1.53. The van der Waals surface area contributed by atoms with Gasteiger partial charge in [0.1, 0.15) is 5.52 Å². The van der Waals surface area contributed by atoms with E-state index in [4.69, 9.17) is 0 Å². The molecular formula is C9H9N3O. The molecule has 4 heteroatoms. The van der Waals surface area contributed by atoms with Crippen molar-refractivity contribution >= 4 is 16.9 Å². The minimum absolute atomic E-state index is 0.0336. The van der Waals surface area contributed by atoms with E-state index in [0.29, 0.717) is 6.42 Å². The van der Waals surface area contributed by atoms with Crippen molar-refractivity contribution in [3.8, 4) is 0 Å². The van der Waals surface area contributed by atoms with Crippen LogP contribution in [-0.4, -0.2) is 20.9 Å². The second-order valence-electron chi connectivity index (χ2n) is 2.74. The highest BCUT2D eigenvalue weighted by atomic mass is 16.2. The average molecular weight is 175 g/mol. The Balaban J connectivity index is 2.64. The summed E-state index contributed by atoms with van der Waals surface area (Å²) in [6.07, 6.45) is 0.438. The molecule has 13 heavy (non-hydrogen) atoms. The van der Waals surface area contributed by atoms with Crippen molar-refractivity contribution in [1.82, 2.24) is 15.0 Å². The summed E-state index contributed by atoms with van der Waals surface area (Å²) < 4.78 is 1.34. The molecule has 0 unspecified atom stereocenters. The van der Waals surface area contributed by atoms with Crippen LogP contribution < -0.4 is 0 Å². The minimum Gasteiger partial charge on any atom is -0.273 e. The Morgan fingerprint density at radius 1 is 1.46 bits per heavy atom. The summed E-state index contributed by atoms with van der Waals surface area (Å²) in [6.45, 7) is 1.80. The number of nitrogens with zero attached hydrogens (tertiary/aromatic N) is 3. The van der Waals surface area contributed by atoms with Gasteiger partial charge < -0.3 is 0 Å².